The Labute approximate surface area is 108 Å². The van der Waals surface area contributed by atoms with Gasteiger partial charge in [0, 0.05) is 0 Å². The highest BCUT2D eigenvalue weighted by molar-refractivity contribution is 5.80. The van der Waals surface area contributed by atoms with Crippen LogP contribution in [0.25, 0.3) is 0 Å². The number of nitrogens with zero attached hydrogens (tertiary/aromatic N) is 2. The first-order valence-electron chi connectivity index (χ1n) is 5.93. The van der Waals surface area contributed by atoms with Gasteiger partial charge in [-0.2, -0.15) is 5.26 Å². The van der Waals surface area contributed by atoms with Gasteiger partial charge < -0.3 is 4.74 Å². The SMILES string of the molecule is CC(=N[C@H](C)COc1cccc(C)c1C)NC#N. The zero-order valence-corrected chi connectivity index (χ0v) is 11.3. The molecule has 0 saturated carbocycles. The maximum atomic E-state index is 8.45. The first-order chi connectivity index (χ1) is 8.54. The third kappa shape index (κ3) is 4.10. The third-order valence-corrected chi connectivity index (χ3v) is 2.69. The quantitative estimate of drug-likeness (QED) is 0.384. The highest BCUT2D eigenvalue weighted by Crippen LogP contribution is 2.20. The van der Waals surface area contributed by atoms with Gasteiger partial charge in [0.25, 0.3) is 0 Å². The van der Waals surface area contributed by atoms with Crippen molar-refractivity contribution in [3.05, 3.63) is 29.3 Å². The number of benzene rings is 1. The van der Waals surface area contributed by atoms with Crippen LogP contribution >= 0.6 is 0 Å². The van der Waals surface area contributed by atoms with Gasteiger partial charge in [-0.3, -0.25) is 10.3 Å². The zero-order chi connectivity index (χ0) is 13.5. The second kappa shape index (κ2) is 6.65. The van der Waals surface area contributed by atoms with E-state index in [9.17, 15) is 0 Å². The van der Waals surface area contributed by atoms with Gasteiger partial charge in [0.15, 0.2) is 6.19 Å². The number of nitriles is 1. The minimum absolute atomic E-state index is 0.00534. The van der Waals surface area contributed by atoms with Crippen LogP contribution in [0.2, 0.25) is 0 Å². The second-order valence-corrected chi connectivity index (χ2v) is 4.31. The average Bonchev–Trinajstić information content (AvgIpc) is 2.31. The molecule has 1 aromatic rings. The maximum absolute atomic E-state index is 8.45. The van der Waals surface area contributed by atoms with E-state index in [0.29, 0.717) is 12.4 Å². The molecular formula is C14H19N3O. The molecule has 1 N–H and O–H groups in total. The van der Waals surface area contributed by atoms with E-state index in [1.54, 1.807) is 6.92 Å². The molecule has 1 aromatic carbocycles. The van der Waals surface area contributed by atoms with Crippen molar-refractivity contribution in [1.82, 2.24) is 5.32 Å². The van der Waals surface area contributed by atoms with Crippen LogP contribution in [0.4, 0.5) is 0 Å². The lowest BCUT2D eigenvalue weighted by Crippen LogP contribution is -2.20. The molecule has 0 bridgehead atoms. The van der Waals surface area contributed by atoms with Crippen LogP contribution < -0.4 is 10.1 Å². The number of nitrogens with one attached hydrogen (secondary N) is 1. The Balaban J connectivity index is 2.58. The summed E-state index contributed by atoms with van der Waals surface area (Å²) in [5.74, 6) is 1.50. The second-order valence-electron chi connectivity index (χ2n) is 4.31. The smallest absolute Gasteiger partial charge is 0.182 e. The van der Waals surface area contributed by atoms with Crippen LogP contribution in [-0.4, -0.2) is 18.5 Å². The fraction of sp³-hybridized carbons (Fsp3) is 0.429. The Kier molecular flexibility index (Phi) is 5.19. The van der Waals surface area contributed by atoms with Crippen molar-refractivity contribution in [1.29, 1.82) is 5.26 Å². The Hall–Kier alpha value is -2.02. The van der Waals surface area contributed by atoms with Crippen molar-refractivity contribution < 1.29 is 4.74 Å². The standard InChI is InChI=1S/C14H19N3O/c1-10-6-5-7-14(12(10)3)18-8-11(2)17-13(4)16-9-15/h5-7,11H,8H2,1-4H3,(H,16,17)/t11-/m1/s1. The minimum Gasteiger partial charge on any atom is -0.491 e. The summed E-state index contributed by atoms with van der Waals surface area (Å²) in [6.45, 7) is 8.31. The van der Waals surface area contributed by atoms with Gasteiger partial charge >= 0.3 is 0 Å². The maximum Gasteiger partial charge on any atom is 0.182 e. The van der Waals surface area contributed by atoms with Crippen LogP contribution in [0, 0.1) is 25.3 Å². The molecule has 0 radical (unpaired) electrons. The summed E-state index contributed by atoms with van der Waals surface area (Å²) in [4.78, 5) is 4.29. The van der Waals surface area contributed by atoms with E-state index in [1.807, 2.05) is 32.2 Å². The monoisotopic (exact) mass is 245 g/mol. The summed E-state index contributed by atoms with van der Waals surface area (Å²) >= 11 is 0. The molecule has 0 aliphatic heterocycles. The lowest BCUT2D eigenvalue weighted by Gasteiger charge is -2.13. The molecule has 0 amide bonds. The van der Waals surface area contributed by atoms with E-state index in [2.05, 4.69) is 23.3 Å². The third-order valence-electron chi connectivity index (χ3n) is 2.69. The largest absolute Gasteiger partial charge is 0.491 e. The minimum atomic E-state index is 0.00534. The molecule has 18 heavy (non-hydrogen) atoms. The molecule has 4 heteroatoms. The van der Waals surface area contributed by atoms with Crippen molar-refractivity contribution in [2.45, 2.75) is 33.7 Å². The molecule has 1 rings (SSSR count). The zero-order valence-electron chi connectivity index (χ0n) is 11.3. The number of ether oxygens (including phenoxy) is 1. The van der Waals surface area contributed by atoms with Crippen molar-refractivity contribution >= 4 is 5.84 Å². The van der Waals surface area contributed by atoms with E-state index >= 15 is 0 Å². The van der Waals surface area contributed by atoms with Gasteiger partial charge in [0.05, 0.1) is 6.04 Å². The summed E-state index contributed by atoms with van der Waals surface area (Å²) in [6.07, 6.45) is 1.84. The number of aliphatic imine (C=N–C) groups is 1. The van der Waals surface area contributed by atoms with E-state index in [1.165, 1.54) is 5.56 Å². The number of hydrogen-bond donors (Lipinski definition) is 1. The van der Waals surface area contributed by atoms with Crippen LogP contribution in [0.3, 0.4) is 0 Å². The van der Waals surface area contributed by atoms with Gasteiger partial charge in [-0.25, -0.2) is 0 Å². The molecule has 1 atom stereocenters. The number of amidine groups is 1. The number of rotatable bonds is 4. The van der Waals surface area contributed by atoms with Gasteiger partial charge in [-0.15, -0.1) is 0 Å². The average molecular weight is 245 g/mol. The fourth-order valence-electron chi connectivity index (χ4n) is 1.57. The van der Waals surface area contributed by atoms with E-state index in [4.69, 9.17) is 10.00 Å². The normalized spacial score (nSPS) is 12.7. The van der Waals surface area contributed by atoms with Crippen molar-refractivity contribution in [3.8, 4) is 11.9 Å². The Bertz CT molecular complexity index is 474. The first kappa shape index (κ1) is 14.0. The predicted octanol–water partition coefficient (Wildman–Crippen LogP) is 2.56. The number of hydrogen-bond acceptors (Lipinski definition) is 3. The van der Waals surface area contributed by atoms with Crippen molar-refractivity contribution in [2.75, 3.05) is 6.61 Å². The molecule has 0 spiro atoms. The summed E-state index contributed by atoms with van der Waals surface area (Å²) in [5.41, 5.74) is 2.37. The van der Waals surface area contributed by atoms with Crippen molar-refractivity contribution in [3.63, 3.8) is 0 Å². The molecule has 0 aliphatic carbocycles. The lowest BCUT2D eigenvalue weighted by molar-refractivity contribution is 0.295. The molecule has 0 aromatic heterocycles. The van der Waals surface area contributed by atoms with E-state index in [0.717, 1.165) is 11.3 Å². The van der Waals surface area contributed by atoms with E-state index in [-0.39, 0.29) is 6.04 Å². The predicted molar refractivity (Wildman–Crippen MR) is 72.7 cm³/mol. The van der Waals surface area contributed by atoms with Gasteiger partial charge in [-0.05, 0) is 44.9 Å². The Morgan fingerprint density at radius 3 is 2.89 bits per heavy atom. The molecule has 0 unspecified atom stereocenters. The molecular weight excluding hydrogens is 226 g/mol. The van der Waals surface area contributed by atoms with Crippen LogP contribution in [-0.2, 0) is 0 Å². The Morgan fingerprint density at radius 1 is 1.50 bits per heavy atom. The van der Waals surface area contributed by atoms with Gasteiger partial charge in [0.2, 0.25) is 0 Å². The summed E-state index contributed by atoms with van der Waals surface area (Å²) < 4.78 is 5.74. The molecule has 0 aliphatic rings. The Morgan fingerprint density at radius 2 is 2.22 bits per heavy atom. The highest BCUT2D eigenvalue weighted by atomic mass is 16.5. The molecule has 96 valence electrons. The number of aryl methyl sites for hydroxylation is 1. The van der Waals surface area contributed by atoms with Crippen LogP contribution in [0.15, 0.2) is 23.2 Å². The van der Waals surface area contributed by atoms with Crippen molar-refractivity contribution in [2.24, 2.45) is 4.99 Å². The fourth-order valence-corrected chi connectivity index (χ4v) is 1.57. The molecule has 0 saturated heterocycles. The molecule has 0 heterocycles. The van der Waals surface area contributed by atoms with Crippen LogP contribution in [0.1, 0.15) is 25.0 Å². The van der Waals surface area contributed by atoms with E-state index < -0.39 is 0 Å². The lowest BCUT2D eigenvalue weighted by atomic mass is 10.1. The summed E-state index contributed by atoms with van der Waals surface area (Å²) in [6, 6.07) is 6.00. The van der Waals surface area contributed by atoms with Gasteiger partial charge in [0.1, 0.15) is 18.2 Å². The van der Waals surface area contributed by atoms with Gasteiger partial charge in [-0.1, -0.05) is 12.1 Å². The molecule has 0 fully saturated rings. The van der Waals surface area contributed by atoms with Crippen LogP contribution in [0.5, 0.6) is 5.75 Å². The topological polar surface area (TPSA) is 57.4 Å². The first-order valence-corrected chi connectivity index (χ1v) is 5.93. The molecule has 4 nitrogen and oxygen atoms in total. The highest BCUT2D eigenvalue weighted by Gasteiger charge is 2.05. The summed E-state index contributed by atoms with van der Waals surface area (Å²) in [5, 5.41) is 10.9. The summed E-state index contributed by atoms with van der Waals surface area (Å²) in [7, 11) is 0.